The minimum Gasteiger partial charge on any atom is -0.458 e. The molecule has 3 saturated carbocycles. The third kappa shape index (κ3) is 1.82. The van der Waals surface area contributed by atoms with Gasteiger partial charge in [0.2, 0.25) is 0 Å². The minimum absolute atomic E-state index is 0.0251. The molecule has 4 heteroatoms. The summed E-state index contributed by atoms with van der Waals surface area (Å²) >= 11 is 0. The lowest BCUT2D eigenvalue weighted by Crippen LogP contribution is -2.56. The summed E-state index contributed by atoms with van der Waals surface area (Å²) in [6, 6.07) is 0. The second-order valence-corrected chi connectivity index (χ2v) is 10.8. The Kier molecular flexibility index (Phi) is 3.23. The van der Waals surface area contributed by atoms with Crippen LogP contribution in [0.3, 0.4) is 0 Å². The fraction of sp³-hybridized carbons (Fsp3) is 0.750. The van der Waals surface area contributed by atoms with Crippen molar-refractivity contribution in [1.82, 2.24) is 0 Å². The van der Waals surface area contributed by atoms with Crippen molar-refractivity contribution in [2.75, 3.05) is 6.61 Å². The first-order valence-corrected chi connectivity index (χ1v) is 11.1. The molecule has 9 unspecified atom stereocenters. The Bertz CT molecular complexity index is 842. The smallest absolute Gasteiger partial charge is 0.306 e. The Balaban J connectivity index is 1.47. The largest absolute Gasteiger partial charge is 0.458 e. The first kappa shape index (κ1) is 17.4. The minimum atomic E-state index is -0.296. The zero-order chi connectivity index (χ0) is 19.5. The molecule has 1 saturated heterocycles. The Morgan fingerprint density at radius 3 is 2.68 bits per heavy atom. The van der Waals surface area contributed by atoms with Crippen molar-refractivity contribution in [3.8, 4) is 0 Å². The number of esters is 1. The summed E-state index contributed by atoms with van der Waals surface area (Å²) in [7, 11) is 0. The van der Waals surface area contributed by atoms with Crippen molar-refractivity contribution >= 4 is 11.8 Å². The zero-order valence-corrected chi connectivity index (χ0v) is 16.8. The van der Waals surface area contributed by atoms with Gasteiger partial charge in [0.15, 0.2) is 5.78 Å². The molecule has 0 amide bonds. The molecule has 4 nitrogen and oxygen atoms in total. The van der Waals surface area contributed by atoms with Gasteiger partial charge in [0.1, 0.15) is 5.60 Å². The number of aliphatic hydroxyl groups is 1. The molecule has 28 heavy (non-hydrogen) atoms. The highest BCUT2D eigenvalue weighted by Crippen LogP contribution is 2.78. The Morgan fingerprint density at radius 1 is 1.14 bits per heavy atom. The number of ketones is 1. The third-order valence-corrected chi connectivity index (χ3v) is 9.89. The number of rotatable bonds is 1. The number of carbonyl (C=O) groups is 2. The van der Waals surface area contributed by atoms with Crippen molar-refractivity contribution in [3.05, 3.63) is 23.8 Å². The molecular formula is C24H30O4. The molecule has 1 N–H and O–H groups in total. The van der Waals surface area contributed by atoms with E-state index in [4.69, 9.17) is 4.74 Å². The maximum absolute atomic E-state index is 12.2. The van der Waals surface area contributed by atoms with Gasteiger partial charge >= 0.3 is 5.97 Å². The number of fused-ring (bicyclic) bond motifs is 9. The summed E-state index contributed by atoms with van der Waals surface area (Å²) in [4.78, 5) is 24.3. The van der Waals surface area contributed by atoms with Crippen LogP contribution in [0.5, 0.6) is 0 Å². The van der Waals surface area contributed by atoms with Gasteiger partial charge < -0.3 is 9.84 Å². The maximum Gasteiger partial charge on any atom is 0.306 e. The van der Waals surface area contributed by atoms with E-state index in [1.807, 2.05) is 6.08 Å². The molecule has 6 aliphatic rings. The molecule has 1 spiro atoms. The lowest BCUT2D eigenvalue weighted by Gasteiger charge is -2.58. The third-order valence-electron chi connectivity index (χ3n) is 9.89. The molecule has 0 radical (unpaired) electrons. The fourth-order valence-electron chi connectivity index (χ4n) is 8.68. The summed E-state index contributed by atoms with van der Waals surface area (Å²) in [6.07, 6.45) is 11.7. The van der Waals surface area contributed by atoms with Gasteiger partial charge in [0.05, 0.1) is 0 Å². The van der Waals surface area contributed by atoms with Crippen LogP contribution in [0.15, 0.2) is 23.8 Å². The molecule has 0 aromatic carbocycles. The molecule has 5 aliphatic carbocycles. The lowest BCUT2D eigenvalue weighted by atomic mass is 9.46. The van der Waals surface area contributed by atoms with Crippen molar-refractivity contribution in [2.45, 2.75) is 58.0 Å². The first-order valence-electron chi connectivity index (χ1n) is 11.1. The monoisotopic (exact) mass is 382 g/mol. The van der Waals surface area contributed by atoms with Crippen LogP contribution in [0.2, 0.25) is 0 Å². The number of ether oxygens (including phenoxy) is 1. The van der Waals surface area contributed by atoms with E-state index >= 15 is 0 Å². The number of allylic oxidation sites excluding steroid dienone is 2. The maximum atomic E-state index is 12.2. The lowest BCUT2D eigenvalue weighted by molar-refractivity contribution is -0.162. The van der Waals surface area contributed by atoms with E-state index < -0.39 is 0 Å². The first-order chi connectivity index (χ1) is 13.3. The number of aliphatic hydroxyl groups excluding tert-OH is 1. The molecule has 1 aliphatic heterocycles. The van der Waals surface area contributed by atoms with E-state index in [2.05, 4.69) is 26.0 Å². The summed E-state index contributed by atoms with van der Waals surface area (Å²) in [5, 5.41) is 10.2. The van der Waals surface area contributed by atoms with Crippen molar-refractivity contribution < 1.29 is 19.4 Å². The predicted octanol–water partition coefficient (Wildman–Crippen LogP) is 3.44. The van der Waals surface area contributed by atoms with Gasteiger partial charge in [0.25, 0.3) is 0 Å². The molecule has 0 bridgehead atoms. The van der Waals surface area contributed by atoms with Gasteiger partial charge in [-0.05, 0) is 60.8 Å². The molecule has 0 aromatic heterocycles. The van der Waals surface area contributed by atoms with Crippen LogP contribution in [0.25, 0.3) is 0 Å². The van der Waals surface area contributed by atoms with Gasteiger partial charge in [-0.1, -0.05) is 31.6 Å². The summed E-state index contributed by atoms with van der Waals surface area (Å²) in [5.74, 6) is 2.87. The van der Waals surface area contributed by atoms with Crippen LogP contribution < -0.4 is 0 Å². The molecule has 4 fully saturated rings. The van der Waals surface area contributed by atoms with Gasteiger partial charge in [-0.15, -0.1) is 0 Å². The molecule has 6 rings (SSSR count). The molecule has 9 atom stereocenters. The molecular weight excluding hydrogens is 352 g/mol. The van der Waals surface area contributed by atoms with Crippen LogP contribution in [0.4, 0.5) is 0 Å². The molecule has 150 valence electrons. The molecule has 0 aromatic rings. The highest BCUT2D eigenvalue weighted by Gasteiger charge is 2.78. The van der Waals surface area contributed by atoms with E-state index in [-0.39, 0.29) is 40.7 Å². The highest BCUT2D eigenvalue weighted by atomic mass is 16.6. The van der Waals surface area contributed by atoms with Crippen LogP contribution in [0, 0.1) is 46.3 Å². The Morgan fingerprint density at radius 2 is 1.96 bits per heavy atom. The normalized spacial score (nSPS) is 55.9. The van der Waals surface area contributed by atoms with Crippen molar-refractivity contribution in [3.63, 3.8) is 0 Å². The Labute approximate surface area is 166 Å². The number of hydrogen-bond donors (Lipinski definition) is 1. The zero-order valence-electron chi connectivity index (χ0n) is 16.8. The Hall–Kier alpha value is -1.42. The van der Waals surface area contributed by atoms with E-state index in [0.29, 0.717) is 42.4 Å². The topological polar surface area (TPSA) is 63.6 Å². The van der Waals surface area contributed by atoms with Crippen LogP contribution in [-0.2, 0) is 14.3 Å². The average molecular weight is 383 g/mol. The summed E-state index contributed by atoms with van der Waals surface area (Å²) in [5.41, 5.74) is 0.771. The second kappa shape index (κ2) is 5.19. The quantitative estimate of drug-likeness (QED) is 0.557. The van der Waals surface area contributed by atoms with Crippen molar-refractivity contribution in [2.24, 2.45) is 46.3 Å². The van der Waals surface area contributed by atoms with Gasteiger partial charge in [0, 0.05) is 36.7 Å². The van der Waals surface area contributed by atoms with Gasteiger partial charge in [-0.25, -0.2) is 0 Å². The van der Waals surface area contributed by atoms with E-state index in [9.17, 15) is 14.7 Å². The van der Waals surface area contributed by atoms with Gasteiger partial charge in [-0.2, -0.15) is 0 Å². The summed E-state index contributed by atoms with van der Waals surface area (Å²) in [6.45, 7) is 4.78. The van der Waals surface area contributed by atoms with Crippen LogP contribution in [-0.4, -0.2) is 29.1 Å². The predicted molar refractivity (Wildman–Crippen MR) is 103 cm³/mol. The standard InChI is InChI=1S/C24H30O4/c1-22-6-3-14(26)10-18(22)13(12-25)9-15-17(22)4-7-23(2)21(15)16-11-19(16)24(23)8-5-20(27)28-24/h4,7,10,13,15-17,19,21,25H,3,5-6,8-9,11-12H2,1-2H3. The molecule has 1 heterocycles. The van der Waals surface area contributed by atoms with E-state index in [0.717, 1.165) is 19.3 Å². The summed E-state index contributed by atoms with van der Waals surface area (Å²) < 4.78 is 6.12. The number of carbonyl (C=O) groups excluding carboxylic acids is 2. The van der Waals surface area contributed by atoms with Gasteiger partial charge in [-0.3, -0.25) is 9.59 Å². The highest BCUT2D eigenvalue weighted by molar-refractivity contribution is 5.91. The van der Waals surface area contributed by atoms with E-state index in [1.165, 1.54) is 12.0 Å². The van der Waals surface area contributed by atoms with Crippen molar-refractivity contribution in [1.29, 1.82) is 0 Å². The van der Waals surface area contributed by atoms with Crippen LogP contribution >= 0.6 is 0 Å². The number of hydrogen-bond acceptors (Lipinski definition) is 4. The SMILES string of the molecule is CC12CCC(=O)C=C1C(CO)CC1C2C=CC2(C)C1C1CC1C21CCC(=O)O1. The fourth-order valence-corrected chi connectivity index (χ4v) is 8.68. The average Bonchev–Trinajstić information content (AvgIpc) is 3.30. The second-order valence-electron chi connectivity index (χ2n) is 10.8. The van der Waals surface area contributed by atoms with E-state index in [1.54, 1.807) is 0 Å². The van der Waals surface area contributed by atoms with Crippen LogP contribution in [0.1, 0.15) is 52.4 Å².